The molecule has 0 aliphatic carbocycles. The first-order valence-corrected chi connectivity index (χ1v) is 7.79. The van der Waals surface area contributed by atoms with E-state index in [4.69, 9.17) is 10.00 Å². The number of ether oxygens (including phenoxy) is 1. The predicted octanol–water partition coefficient (Wildman–Crippen LogP) is 2.15. The van der Waals surface area contributed by atoms with E-state index in [1.54, 1.807) is 0 Å². The zero-order chi connectivity index (χ0) is 15.9. The van der Waals surface area contributed by atoms with Gasteiger partial charge in [0.15, 0.2) is 0 Å². The van der Waals surface area contributed by atoms with Gasteiger partial charge in [-0.05, 0) is 18.8 Å². The molecule has 0 bridgehead atoms. The lowest BCUT2D eigenvalue weighted by molar-refractivity contribution is -0.134. The monoisotopic (exact) mass is 302 g/mol. The van der Waals surface area contributed by atoms with Crippen LogP contribution in [0.25, 0.3) is 0 Å². The standard InChI is InChI=1S/C16H22N4O2/c1-3-12(2)9-15(21)20-8-4-5-13(11-20)22-16-14(10-17)18-6-7-19-16/h6-7,12-13H,3-5,8-9,11H2,1-2H3. The number of rotatable bonds is 5. The zero-order valence-corrected chi connectivity index (χ0v) is 13.2. The highest BCUT2D eigenvalue weighted by molar-refractivity contribution is 5.76. The third-order valence-electron chi connectivity index (χ3n) is 4.00. The van der Waals surface area contributed by atoms with E-state index in [0.717, 1.165) is 25.8 Å². The predicted molar refractivity (Wildman–Crippen MR) is 81.0 cm³/mol. The number of nitriles is 1. The van der Waals surface area contributed by atoms with E-state index in [2.05, 4.69) is 23.8 Å². The molecule has 6 nitrogen and oxygen atoms in total. The average Bonchev–Trinajstić information content (AvgIpc) is 2.55. The van der Waals surface area contributed by atoms with Crippen LogP contribution >= 0.6 is 0 Å². The fraction of sp³-hybridized carbons (Fsp3) is 0.625. The summed E-state index contributed by atoms with van der Waals surface area (Å²) in [5.74, 6) is 0.840. The summed E-state index contributed by atoms with van der Waals surface area (Å²) < 4.78 is 5.80. The maximum absolute atomic E-state index is 12.3. The minimum absolute atomic E-state index is 0.126. The molecule has 1 aromatic heterocycles. The SMILES string of the molecule is CCC(C)CC(=O)N1CCCC(Oc2nccnc2C#N)C1. The van der Waals surface area contributed by atoms with Gasteiger partial charge >= 0.3 is 0 Å². The maximum Gasteiger partial charge on any atom is 0.251 e. The molecule has 2 unspecified atom stereocenters. The third-order valence-corrected chi connectivity index (χ3v) is 4.00. The van der Waals surface area contributed by atoms with Gasteiger partial charge in [-0.15, -0.1) is 0 Å². The minimum atomic E-state index is -0.126. The smallest absolute Gasteiger partial charge is 0.251 e. The Hall–Kier alpha value is -2.16. The minimum Gasteiger partial charge on any atom is -0.470 e. The van der Waals surface area contributed by atoms with Crippen molar-refractivity contribution in [2.24, 2.45) is 5.92 Å². The van der Waals surface area contributed by atoms with E-state index in [1.165, 1.54) is 12.4 Å². The van der Waals surface area contributed by atoms with Crippen LogP contribution in [0.3, 0.4) is 0 Å². The second-order valence-electron chi connectivity index (χ2n) is 5.76. The number of hydrogen-bond donors (Lipinski definition) is 0. The summed E-state index contributed by atoms with van der Waals surface area (Å²) in [6.07, 6.45) is 6.19. The van der Waals surface area contributed by atoms with E-state index < -0.39 is 0 Å². The number of carbonyl (C=O) groups excluding carboxylic acids is 1. The molecule has 0 saturated carbocycles. The van der Waals surface area contributed by atoms with Crippen molar-refractivity contribution in [2.75, 3.05) is 13.1 Å². The molecule has 2 rings (SSSR count). The van der Waals surface area contributed by atoms with Crippen LogP contribution in [0.5, 0.6) is 5.88 Å². The highest BCUT2D eigenvalue weighted by atomic mass is 16.5. The second-order valence-corrected chi connectivity index (χ2v) is 5.76. The van der Waals surface area contributed by atoms with E-state index in [0.29, 0.717) is 18.9 Å². The maximum atomic E-state index is 12.3. The van der Waals surface area contributed by atoms with Crippen molar-refractivity contribution in [1.82, 2.24) is 14.9 Å². The molecule has 2 heterocycles. The first-order chi connectivity index (χ1) is 10.6. The summed E-state index contributed by atoms with van der Waals surface area (Å²) in [5, 5.41) is 9.02. The van der Waals surface area contributed by atoms with E-state index in [9.17, 15) is 4.79 Å². The van der Waals surface area contributed by atoms with Gasteiger partial charge in [-0.3, -0.25) is 4.79 Å². The molecule has 2 atom stereocenters. The quantitative estimate of drug-likeness (QED) is 0.832. The lowest BCUT2D eigenvalue weighted by atomic mass is 10.0. The van der Waals surface area contributed by atoms with Gasteiger partial charge in [0.1, 0.15) is 12.2 Å². The molecule has 0 radical (unpaired) electrons. The molecule has 0 N–H and O–H groups in total. The van der Waals surface area contributed by atoms with E-state index >= 15 is 0 Å². The van der Waals surface area contributed by atoms with Crippen molar-refractivity contribution in [2.45, 2.75) is 45.6 Å². The fourth-order valence-electron chi connectivity index (χ4n) is 2.48. The average molecular weight is 302 g/mol. The molecule has 6 heteroatoms. The first-order valence-electron chi connectivity index (χ1n) is 7.79. The van der Waals surface area contributed by atoms with Crippen LogP contribution in [0.1, 0.15) is 45.2 Å². The van der Waals surface area contributed by atoms with Gasteiger partial charge in [0, 0.05) is 25.4 Å². The van der Waals surface area contributed by atoms with Crippen molar-refractivity contribution >= 4 is 5.91 Å². The molecule has 1 saturated heterocycles. The van der Waals surface area contributed by atoms with Crippen molar-refractivity contribution in [3.05, 3.63) is 18.1 Å². The molecule has 1 amide bonds. The fourth-order valence-corrected chi connectivity index (χ4v) is 2.48. The Morgan fingerprint density at radius 2 is 2.32 bits per heavy atom. The molecule has 1 fully saturated rings. The van der Waals surface area contributed by atoms with E-state index in [-0.39, 0.29) is 23.6 Å². The van der Waals surface area contributed by atoms with Crippen molar-refractivity contribution in [3.63, 3.8) is 0 Å². The van der Waals surface area contributed by atoms with Crippen LogP contribution in [0.2, 0.25) is 0 Å². The largest absolute Gasteiger partial charge is 0.470 e. The summed E-state index contributed by atoms with van der Waals surface area (Å²) >= 11 is 0. The molecule has 1 aliphatic heterocycles. The Kier molecular flexibility index (Phi) is 5.70. The number of hydrogen-bond acceptors (Lipinski definition) is 5. The summed E-state index contributed by atoms with van der Waals surface area (Å²) in [6.45, 7) is 5.52. The number of aromatic nitrogens is 2. The molecule has 0 spiro atoms. The molecule has 22 heavy (non-hydrogen) atoms. The van der Waals surface area contributed by atoms with Gasteiger partial charge in [0.2, 0.25) is 11.6 Å². The highest BCUT2D eigenvalue weighted by Gasteiger charge is 2.26. The lowest BCUT2D eigenvalue weighted by Crippen LogP contribution is -2.44. The number of piperidine rings is 1. The van der Waals surface area contributed by atoms with Gasteiger partial charge < -0.3 is 9.64 Å². The van der Waals surface area contributed by atoms with Gasteiger partial charge in [0.05, 0.1) is 6.54 Å². The molecule has 1 aromatic rings. The van der Waals surface area contributed by atoms with Gasteiger partial charge in [-0.1, -0.05) is 20.3 Å². The first kappa shape index (κ1) is 16.2. The zero-order valence-electron chi connectivity index (χ0n) is 13.2. The summed E-state index contributed by atoms with van der Waals surface area (Å²) in [4.78, 5) is 22.1. The van der Waals surface area contributed by atoms with Gasteiger partial charge in [-0.2, -0.15) is 5.26 Å². The topological polar surface area (TPSA) is 79.1 Å². The Labute approximate surface area is 131 Å². The van der Waals surface area contributed by atoms with Crippen LogP contribution in [-0.4, -0.2) is 40.0 Å². The number of amides is 1. The van der Waals surface area contributed by atoms with Crippen LogP contribution in [0.15, 0.2) is 12.4 Å². The summed E-state index contributed by atoms with van der Waals surface area (Å²) in [6, 6.07) is 1.97. The Morgan fingerprint density at radius 3 is 3.05 bits per heavy atom. The van der Waals surface area contributed by atoms with E-state index in [1.807, 2.05) is 11.0 Å². The normalized spacial score (nSPS) is 19.3. The molecular weight excluding hydrogens is 280 g/mol. The van der Waals surface area contributed by atoms with Crippen LogP contribution in [0, 0.1) is 17.2 Å². The van der Waals surface area contributed by atoms with Crippen LogP contribution in [0.4, 0.5) is 0 Å². The molecule has 118 valence electrons. The third kappa shape index (κ3) is 4.17. The molecule has 0 aromatic carbocycles. The number of likely N-dealkylation sites (tertiary alicyclic amines) is 1. The highest BCUT2D eigenvalue weighted by Crippen LogP contribution is 2.20. The Balaban J connectivity index is 1.96. The van der Waals surface area contributed by atoms with Crippen LogP contribution in [-0.2, 0) is 4.79 Å². The summed E-state index contributed by atoms with van der Waals surface area (Å²) in [5.41, 5.74) is 0.186. The Morgan fingerprint density at radius 1 is 1.55 bits per heavy atom. The van der Waals surface area contributed by atoms with Gasteiger partial charge in [0.25, 0.3) is 5.88 Å². The van der Waals surface area contributed by atoms with Crippen molar-refractivity contribution in [1.29, 1.82) is 5.26 Å². The molecule has 1 aliphatic rings. The van der Waals surface area contributed by atoms with Gasteiger partial charge in [-0.25, -0.2) is 9.97 Å². The Bertz CT molecular complexity index is 555. The number of nitrogens with zero attached hydrogens (tertiary/aromatic N) is 4. The van der Waals surface area contributed by atoms with Crippen LogP contribution < -0.4 is 4.74 Å². The van der Waals surface area contributed by atoms with Crippen molar-refractivity contribution < 1.29 is 9.53 Å². The van der Waals surface area contributed by atoms with Crippen molar-refractivity contribution in [3.8, 4) is 11.9 Å². The number of carbonyl (C=O) groups is 1. The lowest BCUT2D eigenvalue weighted by Gasteiger charge is -2.33. The summed E-state index contributed by atoms with van der Waals surface area (Å²) in [7, 11) is 0. The second kappa shape index (κ2) is 7.74. The molecular formula is C16H22N4O2.